The molecule has 2 amide bonds. The van der Waals surface area contributed by atoms with Crippen LogP contribution in [0.25, 0.3) is 0 Å². The molecule has 1 aromatic rings. The van der Waals surface area contributed by atoms with E-state index in [-0.39, 0.29) is 5.91 Å². The zero-order chi connectivity index (χ0) is 29.0. The van der Waals surface area contributed by atoms with Gasteiger partial charge in [0.15, 0.2) is 0 Å². The number of hydrogen-bond donors (Lipinski definition) is 3. The first-order chi connectivity index (χ1) is 19.5. The molecule has 3 N–H and O–H groups in total. The molecule has 1 unspecified atom stereocenters. The van der Waals surface area contributed by atoms with E-state index >= 15 is 0 Å². The van der Waals surface area contributed by atoms with Crippen molar-refractivity contribution in [2.75, 3.05) is 60.0 Å². The third kappa shape index (κ3) is 12.3. The molecule has 222 valence electrons. The van der Waals surface area contributed by atoms with Gasteiger partial charge in [0.05, 0.1) is 12.6 Å². The summed E-state index contributed by atoms with van der Waals surface area (Å²) in [7, 11) is 3.88. The lowest BCUT2D eigenvalue weighted by molar-refractivity contribution is -0.129. The van der Waals surface area contributed by atoms with Gasteiger partial charge in [-0.25, -0.2) is 0 Å². The Morgan fingerprint density at radius 2 is 2.00 bits per heavy atom. The van der Waals surface area contributed by atoms with Crippen molar-refractivity contribution in [3.05, 3.63) is 34.9 Å². The maximum absolute atomic E-state index is 12.4. The fourth-order valence-corrected chi connectivity index (χ4v) is 5.01. The van der Waals surface area contributed by atoms with Gasteiger partial charge in [-0.05, 0) is 77.5 Å². The lowest BCUT2D eigenvalue weighted by atomic mass is 10.00. The van der Waals surface area contributed by atoms with Gasteiger partial charge in [-0.15, -0.1) is 0 Å². The topological polar surface area (TPSA) is 103 Å². The SMILES string of the molecule is CCCC(C(=O)NC=O)N(C)Cc1c(C#CCCCNCCOCCCN2CCC(NC)CC2)cccc1C=O. The minimum Gasteiger partial charge on any atom is -0.380 e. The van der Waals surface area contributed by atoms with Crippen molar-refractivity contribution >= 4 is 18.6 Å². The number of likely N-dealkylation sites (N-methyl/N-ethyl adjacent to an activating group) is 1. The van der Waals surface area contributed by atoms with Gasteiger partial charge in [0.1, 0.15) is 6.29 Å². The molecular weight excluding hydrogens is 506 g/mol. The molecule has 1 atom stereocenters. The average Bonchev–Trinajstić information content (AvgIpc) is 2.97. The number of ether oxygens (including phenoxy) is 1. The van der Waals surface area contributed by atoms with Crippen molar-refractivity contribution in [1.82, 2.24) is 25.8 Å². The van der Waals surface area contributed by atoms with Crippen LogP contribution in [0, 0.1) is 11.8 Å². The van der Waals surface area contributed by atoms with Gasteiger partial charge in [-0.3, -0.25) is 24.6 Å². The van der Waals surface area contributed by atoms with Crippen LogP contribution in [0.4, 0.5) is 0 Å². The summed E-state index contributed by atoms with van der Waals surface area (Å²) in [6.07, 6.45) is 7.84. The maximum Gasteiger partial charge on any atom is 0.243 e. The molecule has 1 aliphatic rings. The molecular formula is C31H49N5O4. The first-order valence-electron chi connectivity index (χ1n) is 14.7. The van der Waals surface area contributed by atoms with E-state index in [1.54, 1.807) is 6.07 Å². The highest BCUT2D eigenvalue weighted by atomic mass is 16.5. The van der Waals surface area contributed by atoms with Crippen LogP contribution in [0.1, 0.15) is 73.4 Å². The Kier molecular flexibility index (Phi) is 17.0. The smallest absolute Gasteiger partial charge is 0.243 e. The second-order valence-electron chi connectivity index (χ2n) is 10.4. The fraction of sp³-hybridized carbons (Fsp3) is 0.645. The van der Waals surface area contributed by atoms with E-state index in [0.717, 1.165) is 69.3 Å². The number of hydrogen-bond acceptors (Lipinski definition) is 8. The van der Waals surface area contributed by atoms with Gasteiger partial charge in [0, 0.05) is 49.8 Å². The number of likely N-dealkylation sites (tertiary alicyclic amines) is 1. The summed E-state index contributed by atoms with van der Waals surface area (Å²) in [5.41, 5.74) is 2.14. The maximum atomic E-state index is 12.4. The highest BCUT2D eigenvalue weighted by Crippen LogP contribution is 2.18. The minimum atomic E-state index is -0.466. The number of unbranched alkanes of at least 4 members (excludes halogenated alkanes) is 1. The second kappa shape index (κ2) is 20.3. The van der Waals surface area contributed by atoms with Crippen molar-refractivity contribution in [2.24, 2.45) is 0 Å². The summed E-state index contributed by atoms with van der Waals surface area (Å²) in [5, 5.41) is 9.04. The Bertz CT molecular complexity index is 953. The molecule has 2 rings (SSSR count). The third-order valence-corrected chi connectivity index (χ3v) is 7.41. The van der Waals surface area contributed by atoms with Gasteiger partial charge in [-0.2, -0.15) is 0 Å². The Morgan fingerprint density at radius 3 is 2.70 bits per heavy atom. The quantitative estimate of drug-likeness (QED) is 0.136. The predicted molar refractivity (Wildman–Crippen MR) is 159 cm³/mol. The molecule has 0 aromatic heterocycles. The second-order valence-corrected chi connectivity index (χ2v) is 10.4. The summed E-state index contributed by atoms with van der Waals surface area (Å²) in [6, 6.07) is 5.71. The molecule has 1 aliphatic heterocycles. The Hall–Kier alpha value is -2.61. The summed E-state index contributed by atoms with van der Waals surface area (Å²) in [6.45, 7) is 9.06. The molecule has 0 spiro atoms. The number of benzene rings is 1. The van der Waals surface area contributed by atoms with Gasteiger partial charge in [-0.1, -0.05) is 37.3 Å². The zero-order valence-corrected chi connectivity index (χ0v) is 24.7. The van der Waals surface area contributed by atoms with Crippen molar-refractivity contribution in [3.8, 4) is 11.8 Å². The summed E-state index contributed by atoms with van der Waals surface area (Å²) in [4.78, 5) is 39.3. The number of carbonyl (C=O) groups is 3. The first-order valence-corrected chi connectivity index (χ1v) is 14.7. The summed E-state index contributed by atoms with van der Waals surface area (Å²) < 4.78 is 5.78. The number of nitrogens with zero attached hydrogens (tertiary/aromatic N) is 2. The molecule has 1 heterocycles. The highest BCUT2D eigenvalue weighted by Gasteiger charge is 2.23. The zero-order valence-electron chi connectivity index (χ0n) is 24.7. The van der Waals surface area contributed by atoms with E-state index in [9.17, 15) is 14.4 Å². The van der Waals surface area contributed by atoms with Crippen LogP contribution < -0.4 is 16.0 Å². The average molecular weight is 556 g/mol. The van der Waals surface area contributed by atoms with Crippen LogP contribution >= 0.6 is 0 Å². The molecule has 1 saturated heterocycles. The number of carbonyl (C=O) groups excluding carboxylic acids is 3. The number of piperidine rings is 1. The Balaban J connectivity index is 1.69. The summed E-state index contributed by atoms with van der Waals surface area (Å²) in [5.74, 6) is 6.12. The molecule has 0 saturated carbocycles. The number of imide groups is 1. The van der Waals surface area contributed by atoms with Gasteiger partial charge >= 0.3 is 0 Å². The third-order valence-electron chi connectivity index (χ3n) is 7.41. The highest BCUT2D eigenvalue weighted by molar-refractivity contribution is 5.90. The van der Waals surface area contributed by atoms with Crippen molar-refractivity contribution in [3.63, 3.8) is 0 Å². The van der Waals surface area contributed by atoms with Crippen molar-refractivity contribution in [2.45, 2.75) is 70.5 Å². The monoisotopic (exact) mass is 555 g/mol. The van der Waals surface area contributed by atoms with E-state index in [2.05, 4.69) is 39.7 Å². The first kappa shape index (κ1) is 33.6. The largest absolute Gasteiger partial charge is 0.380 e. The van der Waals surface area contributed by atoms with E-state index in [1.807, 2.05) is 31.0 Å². The molecule has 0 bridgehead atoms. The molecule has 40 heavy (non-hydrogen) atoms. The minimum absolute atomic E-state index is 0.339. The summed E-state index contributed by atoms with van der Waals surface area (Å²) >= 11 is 0. The number of amides is 2. The van der Waals surface area contributed by atoms with Crippen molar-refractivity contribution < 1.29 is 19.1 Å². The molecule has 9 nitrogen and oxygen atoms in total. The number of aldehydes is 1. The lowest BCUT2D eigenvalue weighted by Gasteiger charge is -2.31. The van der Waals surface area contributed by atoms with Crippen LogP contribution in [0.5, 0.6) is 0 Å². The van der Waals surface area contributed by atoms with Crippen LogP contribution in [0.2, 0.25) is 0 Å². The molecule has 9 heteroatoms. The predicted octanol–water partition coefficient (Wildman–Crippen LogP) is 2.18. The van der Waals surface area contributed by atoms with E-state index in [0.29, 0.717) is 37.6 Å². The van der Waals surface area contributed by atoms with Crippen molar-refractivity contribution in [1.29, 1.82) is 0 Å². The van der Waals surface area contributed by atoms with Gasteiger partial charge in [0.2, 0.25) is 12.3 Å². The number of rotatable bonds is 19. The normalized spacial score (nSPS) is 14.9. The van der Waals surface area contributed by atoms with E-state index < -0.39 is 6.04 Å². The van der Waals surface area contributed by atoms with Gasteiger partial charge in [0.25, 0.3) is 0 Å². The number of nitrogens with one attached hydrogen (secondary N) is 3. The Labute approximate surface area is 240 Å². The molecule has 1 aromatic carbocycles. The molecule has 0 aliphatic carbocycles. The fourth-order valence-electron chi connectivity index (χ4n) is 5.01. The van der Waals surface area contributed by atoms with E-state index in [4.69, 9.17) is 4.74 Å². The molecule has 0 radical (unpaired) electrons. The van der Waals surface area contributed by atoms with E-state index in [1.165, 1.54) is 25.9 Å². The van der Waals surface area contributed by atoms with Crippen LogP contribution in [0.15, 0.2) is 18.2 Å². The standard InChI is InChI=1S/C31H49N5O4/c1-4-10-30(31(39)34-25-38)35(3)23-29-26(12-8-13-27(29)24-37)11-6-5-7-16-33-17-22-40-21-9-18-36-19-14-28(32-2)15-20-36/h8,12-13,24-25,28,30,32-33H,4-5,7,9-10,14-23H2,1-3H3,(H,34,38,39). The van der Waals surface area contributed by atoms with Crippen LogP contribution in [-0.4, -0.2) is 101 Å². The Morgan fingerprint density at radius 1 is 1.20 bits per heavy atom. The lowest BCUT2D eigenvalue weighted by Crippen LogP contribution is -2.44. The van der Waals surface area contributed by atoms with Gasteiger partial charge < -0.3 is 20.3 Å². The van der Waals surface area contributed by atoms with Crippen LogP contribution in [0.3, 0.4) is 0 Å². The molecule has 1 fully saturated rings. The van der Waals surface area contributed by atoms with Crippen LogP contribution in [-0.2, 0) is 20.9 Å².